The van der Waals surface area contributed by atoms with Crippen LogP contribution in [0.2, 0.25) is 0 Å². The van der Waals surface area contributed by atoms with E-state index >= 15 is 0 Å². The largest absolute Gasteiger partial charge is 0.332 e. The van der Waals surface area contributed by atoms with Gasteiger partial charge in [-0.2, -0.15) is 0 Å². The summed E-state index contributed by atoms with van der Waals surface area (Å²) in [5.41, 5.74) is 0. The zero-order valence-corrected chi connectivity index (χ0v) is 15.0. The van der Waals surface area contributed by atoms with Gasteiger partial charge in [-0.1, -0.05) is 6.92 Å². The molecule has 24 heavy (non-hydrogen) atoms. The maximum atomic E-state index is 12.3. The summed E-state index contributed by atoms with van der Waals surface area (Å²) in [4.78, 5) is 12.2. The van der Waals surface area contributed by atoms with Gasteiger partial charge < -0.3 is 4.57 Å². The van der Waals surface area contributed by atoms with Gasteiger partial charge in [0.25, 0.3) is 0 Å². The van der Waals surface area contributed by atoms with E-state index in [1.54, 1.807) is 6.07 Å². The van der Waals surface area contributed by atoms with Crippen molar-refractivity contribution in [2.45, 2.75) is 50.7 Å². The summed E-state index contributed by atoms with van der Waals surface area (Å²) < 4.78 is 26.8. The quantitative estimate of drug-likeness (QED) is 0.685. The first-order valence-corrected chi connectivity index (χ1v) is 10.1. The van der Waals surface area contributed by atoms with Gasteiger partial charge in [0.05, 0.1) is 5.75 Å². The van der Waals surface area contributed by atoms with E-state index in [0.717, 1.165) is 18.2 Å². The van der Waals surface area contributed by atoms with Crippen LogP contribution < -0.4 is 0 Å². The zero-order chi connectivity index (χ0) is 17.2. The topological polar surface area (TPSA) is 77.7 Å². The molecule has 1 saturated carbocycles. The third-order valence-corrected chi connectivity index (χ3v) is 6.38. The first-order valence-electron chi connectivity index (χ1n) is 8.49. The Labute approximate surface area is 143 Å². The molecule has 0 aliphatic heterocycles. The Morgan fingerprint density at radius 3 is 2.54 bits per heavy atom. The van der Waals surface area contributed by atoms with Gasteiger partial charge in [-0.15, -0.1) is 0 Å². The average Bonchev–Trinajstić information content (AvgIpc) is 3.28. The molecule has 0 radical (unpaired) electrons. The first kappa shape index (κ1) is 17.1. The average molecular weight is 348 g/mol. The van der Waals surface area contributed by atoms with Crippen LogP contribution in [-0.2, 0) is 16.3 Å². The van der Waals surface area contributed by atoms with Crippen LogP contribution in [-0.4, -0.2) is 33.7 Å². The fourth-order valence-corrected chi connectivity index (χ4v) is 4.15. The van der Waals surface area contributed by atoms with Gasteiger partial charge in [-0.25, -0.2) is 23.4 Å². The van der Waals surface area contributed by atoms with E-state index < -0.39 is 9.84 Å². The summed E-state index contributed by atoms with van der Waals surface area (Å²) in [5, 5.41) is -0.0816. The Morgan fingerprint density at radius 1 is 1.17 bits per heavy atom. The molecule has 0 bridgehead atoms. The zero-order valence-electron chi connectivity index (χ0n) is 14.2. The minimum absolute atomic E-state index is 0.0647. The molecule has 1 aliphatic carbocycles. The Morgan fingerprint density at radius 2 is 1.88 bits per heavy atom. The number of sulfone groups is 1. The van der Waals surface area contributed by atoms with Gasteiger partial charge in [0, 0.05) is 37.3 Å². The maximum absolute atomic E-state index is 12.3. The lowest BCUT2D eigenvalue weighted by atomic mass is 10.0. The highest BCUT2D eigenvalue weighted by Gasteiger charge is 2.26. The second-order valence-corrected chi connectivity index (χ2v) is 8.76. The maximum Gasteiger partial charge on any atom is 0.246 e. The monoisotopic (exact) mass is 348 g/mol. The molecule has 2 aromatic heterocycles. The summed E-state index contributed by atoms with van der Waals surface area (Å²) in [6.45, 7) is 4.22. The smallest absolute Gasteiger partial charge is 0.246 e. The molecule has 0 amide bonds. The molecular weight excluding hydrogens is 324 g/mol. The fourth-order valence-electron chi connectivity index (χ4n) is 2.85. The Hall–Kier alpha value is -1.76. The standard InChI is InChI=1S/C17H24N4O2S/c1-13(6-11-24(22,23)17-19-7-3-8-20-17)14(2)21-10-9-18-16(21)12-15-4-5-15/h3,7-10,13-15H,4-6,11-12H2,1-2H3. The van der Waals surface area contributed by atoms with Crippen LogP contribution in [0.5, 0.6) is 0 Å². The first-order chi connectivity index (χ1) is 11.5. The van der Waals surface area contributed by atoms with Crippen LogP contribution in [0.15, 0.2) is 36.0 Å². The molecule has 1 fully saturated rings. The van der Waals surface area contributed by atoms with Crippen molar-refractivity contribution in [3.05, 3.63) is 36.7 Å². The van der Waals surface area contributed by atoms with Crippen molar-refractivity contribution >= 4 is 9.84 Å². The minimum atomic E-state index is -3.42. The van der Waals surface area contributed by atoms with Crippen LogP contribution in [0.3, 0.4) is 0 Å². The van der Waals surface area contributed by atoms with Crippen molar-refractivity contribution in [2.75, 3.05) is 5.75 Å². The summed E-state index contributed by atoms with van der Waals surface area (Å²) >= 11 is 0. The molecule has 0 spiro atoms. The lowest BCUT2D eigenvalue weighted by Crippen LogP contribution is -2.20. The van der Waals surface area contributed by atoms with E-state index in [4.69, 9.17) is 0 Å². The summed E-state index contributed by atoms with van der Waals surface area (Å²) in [6.07, 6.45) is 11.0. The predicted molar refractivity (Wildman–Crippen MR) is 91.2 cm³/mol. The van der Waals surface area contributed by atoms with Crippen LogP contribution in [0.1, 0.15) is 45.0 Å². The molecule has 0 saturated heterocycles. The summed E-state index contributed by atoms with van der Waals surface area (Å²) in [6, 6.07) is 1.83. The van der Waals surface area contributed by atoms with E-state index in [1.807, 2.05) is 12.4 Å². The second kappa shape index (κ2) is 7.01. The van der Waals surface area contributed by atoms with Crippen molar-refractivity contribution < 1.29 is 8.42 Å². The number of aromatic nitrogens is 4. The number of nitrogens with zero attached hydrogens (tertiary/aromatic N) is 4. The highest BCUT2D eigenvalue weighted by Crippen LogP contribution is 2.33. The molecule has 2 aromatic rings. The molecule has 1 aliphatic rings. The van der Waals surface area contributed by atoms with Crippen molar-refractivity contribution in [1.29, 1.82) is 0 Å². The highest BCUT2D eigenvalue weighted by atomic mass is 32.2. The van der Waals surface area contributed by atoms with Crippen LogP contribution in [0, 0.1) is 11.8 Å². The molecule has 6 nitrogen and oxygen atoms in total. The van der Waals surface area contributed by atoms with Gasteiger partial charge in [-0.3, -0.25) is 0 Å². The SMILES string of the molecule is CC(CCS(=O)(=O)c1ncccn1)C(C)n1ccnc1CC1CC1. The number of rotatable bonds is 8. The van der Waals surface area contributed by atoms with E-state index in [-0.39, 0.29) is 22.9 Å². The Balaban J connectivity index is 1.62. The summed E-state index contributed by atoms with van der Waals surface area (Å²) in [7, 11) is -3.42. The van der Waals surface area contributed by atoms with Gasteiger partial charge in [0.15, 0.2) is 0 Å². The van der Waals surface area contributed by atoms with E-state index in [1.165, 1.54) is 25.2 Å². The molecule has 0 aromatic carbocycles. The minimum Gasteiger partial charge on any atom is -0.332 e. The number of hydrogen-bond acceptors (Lipinski definition) is 5. The molecule has 0 N–H and O–H groups in total. The molecule has 2 heterocycles. The van der Waals surface area contributed by atoms with Crippen molar-refractivity contribution in [3.8, 4) is 0 Å². The molecule has 3 rings (SSSR count). The predicted octanol–water partition coefficient (Wildman–Crippen LogP) is 2.69. The number of hydrogen-bond donors (Lipinski definition) is 0. The normalized spacial score (nSPS) is 17.6. The lowest BCUT2D eigenvalue weighted by Gasteiger charge is -2.23. The highest BCUT2D eigenvalue weighted by molar-refractivity contribution is 7.91. The van der Waals surface area contributed by atoms with Gasteiger partial charge in [0.1, 0.15) is 5.82 Å². The molecule has 2 atom stereocenters. The number of imidazole rings is 1. The third-order valence-electron chi connectivity index (χ3n) is 4.84. The lowest BCUT2D eigenvalue weighted by molar-refractivity contribution is 0.360. The van der Waals surface area contributed by atoms with E-state index in [0.29, 0.717) is 6.42 Å². The van der Waals surface area contributed by atoms with Gasteiger partial charge >= 0.3 is 0 Å². The second-order valence-electron chi connectivity index (χ2n) is 6.76. The third kappa shape index (κ3) is 4.01. The molecule has 7 heteroatoms. The van der Waals surface area contributed by atoms with Crippen molar-refractivity contribution in [3.63, 3.8) is 0 Å². The summed E-state index contributed by atoms with van der Waals surface area (Å²) in [5.74, 6) is 2.18. The van der Waals surface area contributed by atoms with Gasteiger partial charge in [-0.05, 0) is 44.1 Å². The Kier molecular flexibility index (Phi) is 4.99. The molecule has 130 valence electrons. The van der Waals surface area contributed by atoms with Crippen LogP contribution >= 0.6 is 0 Å². The van der Waals surface area contributed by atoms with Crippen molar-refractivity contribution in [2.24, 2.45) is 11.8 Å². The van der Waals surface area contributed by atoms with E-state index in [2.05, 4.69) is 33.4 Å². The van der Waals surface area contributed by atoms with E-state index in [9.17, 15) is 8.42 Å². The Bertz CT molecular complexity index is 769. The van der Waals surface area contributed by atoms with Gasteiger partial charge in [0.2, 0.25) is 15.0 Å². The van der Waals surface area contributed by atoms with Crippen molar-refractivity contribution in [1.82, 2.24) is 19.5 Å². The van der Waals surface area contributed by atoms with Crippen LogP contribution in [0.25, 0.3) is 0 Å². The molecular formula is C17H24N4O2S. The fraction of sp³-hybridized carbons (Fsp3) is 0.588. The molecule has 2 unspecified atom stereocenters. The van der Waals surface area contributed by atoms with Crippen LogP contribution in [0.4, 0.5) is 0 Å².